The minimum Gasteiger partial charge on any atom is -0.462 e. The maximum absolute atomic E-state index is 13.0. The minimum absolute atomic E-state index is 0.0487. The summed E-state index contributed by atoms with van der Waals surface area (Å²) in [4.78, 5) is 54.4. The molecule has 0 aromatic rings. The first kappa shape index (κ1) is 65.9. The van der Waals surface area contributed by atoms with Gasteiger partial charge in [0.2, 0.25) is 0 Å². The van der Waals surface area contributed by atoms with E-state index < -0.39 is 95.7 Å². The number of phosphoric ester groups is 2. The van der Waals surface area contributed by atoms with Crippen LogP contribution in [-0.4, -0.2) is 125 Å². The van der Waals surface area contributed by atoms with Gasteiger partial charge in [-0.25, -0.2) is 9.13 Å². The number of rotatable bonds is 40. The predicted molar refractivity (Wildman–Crippen MR) is 271 cm³/mol. The summed E-state index contributed by atoms with van der Waals surface area (Å²) in [6, 6.07) is 0. The van der Waals surface area contributed by atoms with E-state index in [4.69, 9.17) is 18.5 Å². The van der Waals surface area contributed by atoms with Crippen LogP contribution in [-0.2, 0) is 41.8 Å². The van der Waals surface area contributed by atoms with Gasteiger partial charge in [-0.1, -0.05) is 150 Å². The number of phosphoric acid groups is 2. The van der Waals surface area contributed by atoms with E-state index in [0.29, 0.717) is 19.3 Å². The molecule has 20 heteroatoms. The molecule has 406 valence electrons. The quantitative estimate of drug-likeness (QED) is 0.00926. The van der Waals surface area contributed by atoms with Gasteiger partial charge in [0.15, 0.2) is 6.10 Å². The van der Waals surface area contributed by atoms with E-state index in [0.717, 1.165) is 64.2 Å². The largest absolute Gasteiger partial charge is 0.472 e. The second kappa shape index (κ2) is 40.3. The van der Waals surface area contributed by atoms with Crippen LogP contribution in [0.2, 0.25) is 0 Å². The van der Waals surface area contributed by atoms with Crippen molar-refractivity contribution in [3.05, 3.63) is 97.2 Å². The van der Waals surface area contributed by atoms with Crippen molar-refractivity contribution >= 4 is 27.6 Å². The van der Waals surface area contributed by atoms with Crippen LogP contribution in [0.5, 0.6) is 0 Å². The highest BCUT2D eigenvalue weighted by molar-refractivity contribution is 7.47. The number of carbonyl (C=O) groups is 2. The number of carbonyl (C=O) groups excluding carboxylic acids is 2. The first-order chi connectivity index (χ1) is 33.9. The molecule has 0 amide bonds. The van der Waals surface area contributed by atoms with Crippen LogP contribution in [0.3, 0.4) is 0 Å². The molecular weight excluding hydrogens is 962 g/mol. The summed E-state index contributed by atoms with van der Waals surface area (Å²) >= 11 is 0. The van der Waals surface area contributed by atoms with E-state index in [1.807, 2.05) is 24.3 Å². The molecule has 18 nitrogen and oxygen atoms in total. The molecule has 1 saturated carbocycles. The van der Waals surface area contributed by atoms with Crippen LogP contribution in [0.4, 0.5) is 0 Å². The molecule has 1 fully saturated rings. The molecule has 1 aliphatic rings. The summed E-state index contributed by atoms with van der Waals surface area (Å²) < 4.78 is 49.2. The van der Waals surface area contributed by atoms with Crippen molar-refractivity contribution in [2.45, 2.75) is 197 Å². The monoisotopic (exact) mass is 1050 g/mol. The van der Waals surface area contributed by atoms with Gasteiger partial charge in [-0.05, 0) is 77.0 Å². The number of aliphatic hydroxyl groups is 6. The van der Waals surface area contributed by atoms with Crippen LogP contribution in [0.1, 0.15) is 142 Å². The van der Waals surface area contributed by atoms with Gasteiger partial charge in [0, 0.05) is 12.8 Å². The SMILES string of the molecule is CCCCC/C=C\C/C=C\C/C=C\C/C=C\CCCCCC(=O)O[C@H](COC(=O)CCC[C@@H](O)/C=C/C=C\C/C=C\C=C\[C@@H](O)CCCCC)COP(=O)(O)O[C@H]1C(O)C(O)C(O)[C@@H](OP(=O)(O)O)C1O. The Morgan fingerprint density at radius 2 is 1.00 bits per heavy atom. The third kappa shape index (κ3) is 34.8. The number of unbranched alkanes of at least 4 members (excludes halogenated alkanes) is 8. The fraction of sp³-hybridized carbons (Fsp3) is 0.647. The second-order valence-electron chi connectivity index (χ2n) is 17.2. The lowest BCUT2D eigenvalue weighted by Gasteiger charge is -2.43. The van der Waals surface area contributed by atoms with Crippen molar-refractivity contribution in [2.75, 3.05) is 13.2 Å². The van der Waals surface area contributed by atoms with E-state index in [-0.39, 0.29) is 25.7 Å². The van der Waals surface area contributed by atoms with Crippen LogP contribution < -0.4 is 0 Å². The Balaban J connectivity index is 2.70. The Morgan fingerprint density at radius 3 is 1.55 bits per heavy atom. The molecule has 10 atom stereocenters. The molecule has 1 rings (SSSR count). The summed E-state index contributed by atoms with van der Waals surface area (Å²) in [5, 5.41) is 61.5. The summed E-state index contributed by atoms with van der Waals surface area (Å²) in [6.07, 6.45) is 29.8. The van der Waals surface area contributed by atoms with E-state index in [9.17, 15) is 64.0 Å². The van der Waals surface area contributed by atoms with Gasteiger partial charge in [-0.3, -0.25) is 23.2 Å². The van der Waals surface area contributed by atoms with Crippen molar-refractivity contribution < 1.29 is 87.1 Å². The van der Waals surface area contributed by atoms with Gasteiger partial charge >= 0.3 is 27.6 Å². The highest BCUT2D eigenvalue weighted by Gasteiger charge is 2.54. The van der Waals surface area contributed by atoms with E-state index in [1.54, 1.807) is 24.3 Å². The summed E-state index contributed by atoms with van der Waals surface area (Å²) in [6.45, 7) is 2.76. The zero-order chi connectivity index (χ0) is 52.8. The molecule has 9 N–H and O–H groups in total. The molecule has 0 aliphatic heterocycles. The fourth-order valence-corrected chi connectivity index (χ4v) is 8.41. The summed E-state index contributed by atoms with van der Waals surface area (Å²) in [5.74, 6) is -1.48. The minimum atomic E-state index is -5.40. The average Bonchev–Trinajstić information content (AvgIpc) is 3.32. The van der Waals surface area contributed by atoms with E-state index >= 15 is 0 Å². The lowest BCUT2D eigenvalue weighted by Crippen LogP contribution is -2.64. The number of ether oxygens (including phenoxy) is 2. The van der Waals surface area contributed by atoms with Gasteiger partial charge in [-0.15, -0.1) is 0 Å². The second-order valence-corrected chi connectivity index (χ2v) is 19.8. The Morgan fingerprint density at radius 1 is 0.521 bits per heavy atom. The number of hydrogen-bond acceptors (Lipinski definition) is 15. The van der Waals surface area contributed by atoms with Gasteiger partial charge in [-0.2, -0.15) is 0 Å². The number of aliphatic hydroxyl groups excluding tert-OH is 6. The molecule has 0 spiro atoms. The Labute approximate surface area is 421 Å². The highest BCUT2D eigenvalue weighted by atomic mass is 31.2. The summed E-state index contributed by atoms with van der Waals surface area (Å²) in [7, 11) is -10.8. The maximum Gasteiger partial charge on any atom is 0.472 e. The molecule has 0 heterocycles. The molecule has 71 heavy (non-hydrogen) atoms. The van der Waals surface area contributed by atoms with Gasteiger partial charge in [0.05, 0.1) is 18.8 Å². The smallest absolute Gasteiger partial charge is 0.462 e. The fourth-order valence-electron chi connectivity index (χ4n) is 6.87. The lowest BCUT2D eigenvalue weighted by atomic mass is 9.85. The molecule has 0 bridgehead atoms. The Kier molecular flexibility index (Phi) is 37.3. The van der Waals surface area contributed by atoms with Crippen molar-refractivity contribution in [3.8, 4) is 0 Å². The summed E-state index contributed by atoms with van der Waals surface area (Å²) in [5.41, 5.74) is 0. The molecule has 5 unspecified atom stereocenters. The normalized spacial score (nSPS) is 22.6. The van der Waals surface area contributed by atoms with Crippen LogP contribution in [0, 0.1) is 0 Å². The molecule has 1 aliphatic carbocycles. The van der Waals surface area contributed by atoms with Gasteiger partial charge in [0.25, 0.3) is 0 Å². The Hall–Kier alpha value is -3.16. The molecule has 0 aromatic heterocycles. The first-order valence-corrected chi connectivity index (χ1v) is 28.0. The number of esters is 2. The maximum atomic E-state index is 13.0. The van der Waals surface area contributed by atoms with Crippen molar-refractivity contribution in [2.24, 2.45) is 0 Å². The zero-order valence-electron chi connectivity index (χ0n) is 41.6. The standard InChI is InChI=1S/C51H84O18P2/c1-3-5-7-8-9-10-11-12-13-14-15-16-17-18-19-20-24-27-31-37-45(55)67-43(40-66-71(63,64)69-51-48(58)46(56)47(57)50(49(51)59)68-70(60,61)62)39-65-44(54)38-32-36-42(53)35-30-26-23-21-22-25-29-34-41(52)33-28-6-4-2/h9-10,12-13,15-16,18-19,22-23,25-26,29-30,34-35,41-43,46-53,56-59H,3-8,11,14,17,20-21,24,27-28,31-33,36-40H2,1-2H3,(H,63,64)(H2,60,61,62)/b10-9-,13-12-,16-15-,19-18-,25-22-,26-23-,34-29+,35-30+/t41-,42-,43+,46?,47?,48?,49?,50+,51-/m0/s1. The van der Waals surface area contributed by atoms with Crippen LogP contribution in [0.15, 0.2) is 97.2 Å². The zero-order valence-corrected chi connectivity index (χ0v) is 43.4. The highest BCUT2D eigenvalue weighted by Crippen LogP contribution is 2.49. The lowest BCUT2D eigenvalue weighted by molar-refractivity contribution is -0.216. The molecule has 0 saturated heterocycles. The van der Waals surface area contributed by atoms with Crippen LogP contribution in [0.25, 0.3) is 0 Å². The van der Waals surface area contributed by atoms with Gasteiger partial charge in [0.1, 0.15) is 43.2 Å². The van der Waals surface area contributed by atoms with Crippen LogP contribution >= 0.6 is 15.6 Å². The Bertz CT molecular complexity index is 1770. The number of hydrogen-bond donors (Lipinski definition) is 9. The predicted octanol–water partition coefficient (Wildman–Crippen LogP) is 7.89. The third-order valence-corrected chi connectivity index (χ3v) is 12.3. The van der Waals surface area contributed by atoms with Crippen molar-refractivity contribution in [1.82, 2.24) is 0 Å². The van der Waals surface area contributed by atoms with Gasteiger partial charge < -0.3 is 54.8 Å². The van der Waals surface area contributed by atoms with E-state index in [2.05, 4.69) is 67.0 Å². The van der Waals surface area contributed by atoms with E-state index in [1.165, 1.54) is 19.3 Å². The first-order valence-electron chi connectivity index (χ1n) is 25.0. The van der Waals surface area contributed by atoms with Crippen molar-refractivity contribution in [3.63, 3.8) is 0 Å². The molecule has 0 aromatic carbocycles. The third-order valence-electron chi connectivity index (χ3n) is 10.8. The topological polar surface area (TPSA) is 296 Å². The molecular formula is C51H84O18P2. The van der Waals surface area contributed by atoms with Crippen molar-refractivity contribution in [1.29, 1.82) is 0 Å². The number of allylic oxidation sites excluding steroid dienone is 14. The molecule has 0 radical (unpaired) electrons. The average molecular weight is 1050 g/mol.